The van der Waals surface area contributed by atoms with Gasteiger partial charge >= 0.3 is 6.09 Å². The van der Waals surface area contributed by atoms with Gasteiger partial charge in [-0.3, -0.25) is 14.5 Å². The van der Waals surface area contributed by atoms with E-state index in [1.165, 1.54) is 19.3 Å². The third-order valence-electron chi connectivity index (χ3n) is 1.91. The topological polar surface area (TPSA) is 75.7 Å². The molecule has 0 spiro atoms. The fraction of sp³-hybridized carbons (Fsp3) is 0.444. The van der Waals surface area contributed by atoms with E-state index in [1.54, 1.807) is 0 Å². The Balaban J connectivity index is 2.18. The molecule has 1 aliphatic heterocycles. The number of alkyl carbamates (subject to hydrolysis) is 1. The molecule has 1 heterocycles. The van der Waals surface area contributed by atoms with Gasteiger partial charge in [0.25, 0.3) is 11.8 Å². The van der Waals surface area contributed by atoms with Crippen LogP contribution < -0.4 is 5.32 Å². The number of hydrogen-bond donors (Lipinski definition) is 1. The minimum absolute atomic E-state index is 0.300. The van der Waals surface area contributed by atoms with Crippen molar-refractivity contribution < 1.29 is 19.1 Å². The molecule has 6 nitrogen and oxygen atoms in total. The smallest absolute Gasteiger partial charge is 0.406 e. The number of carbonyl (C=O) groups excluding carboxylic acids is 3. The lowest BCUT2D eigenvalue weighted by Gasteiger charge is -2.13. The first-order valence-corrected chi connectivity index (χ1v) is 4.50. The van der Waals surface area contributed by atoms with Crippen LogP contribution in [0.25, 0.3) is 0 Å². The van der Waals surface area contributed by atoms with Crippen molar-refractivity contribution in [3.63, 3.8) is 0 Å². The Morgan fingerprint density at radius 2 is 2.00 bits per heavy atom. The predicted molar refractivity (Wildman–Crippen MR) is 50.9 cm³/mol. The van der Waals surface area contributed by atoms with Crippen LogP contribution in [0, 0.1) is 0 Å². The lowest BCUT2D eigenvalue weighted by Crippen LogP contribution is -2.33. The number of rotatable bonds is 4. The van der Waals surface area contributed by atoms with Crippen molar-refractivity contribution in [2.75, 3.05) is 20.2 Å². The van der Waals surface area contributed by atoms with E-state index in [1.807, 2.05) is 0 Å². The summed E-state index contributed by atoms with van der Waals surface area (Å²) in [6.07, 6.45) is 2.45. The van der Waals surface area contributed by atoms with Gasteiger partial charge in [0.2, 0.25) is 0 Å². The van der Waals surface area contributed by atoms with Gasteiger partial charge in [-0.2, -0.15) is 0 Å². The van der Waals surface area contributed by atoms with Gasteiger partial charge in [-0.25, -0.2) is 4.79 Å². The Kier molecular flexibility index (Phi) is 3.84. The average Bonchev–Trinajstić information content (AvgIpc) is 2.54. The molecule has 1 aliphatic rings. The Morgan fingerprint density at radius 3 is 2.53 bits per heavy atom. The highest BCUT2D eigenvalue weighted by Gasteiger charge is 2.22. The lowest BCUT2D eigenvalue weighted by molar-refractivity contribution is -0.136. The largest absolute Gasteiger partial charge is 0.453 e. The Bertz CT molecular complexity index is 293. The van der Waals surface area contributed by atoms with Crippen LogP contribution in [0.15, 0.2) is 12.2 Å². The zero-order chi connectivity index (χ0) is 11.3. The number of imide groups is 1. The molecule has 82 valence electrons. The van der Waals surface area contributed by atoms with E-state index in [-0.39, 0.29) is 11.8 Å². The second kappa shape index (κ2) is 5.14. The van der Waals surface area contributed by atoms with Gasteiger partial charge in [0.1, 0.15) is 0 Å². The molecule has 15 heavy (non-hydrogen) atoms. The number of ether oxygens (including phenoxy) is 1. The van der Waals surface area contributed by atoms with Gasteiger partial charge in [-0.1, -0.05) is 0 Å². The average molecular weight is 212 g/mol. The summed E-state index contributed by atoms with van der Waals surface area (Å²) in [6.45, 7) is 0.665. The number of carbonyl (C=O) groups is 3. The molecule has 0 saturated heterocycles. The van der Waals surface area contributed by atoms with Gasteiger partial charge < -0.3 is 10.1 Å². The molecule has 0 radical (unpaired) electrons. The first kappa shape index (κ1) is 11.2. The molecule has 0 fully saturated rings. The summed E-state index contributed by atoms with van der Waals surface area (Å²) >= 11 is 0. The van der Waals surface area contributed by atoms with E-state index >= 15 is 0 Å². The maximum absolute atomic E-state index is 11.1. The molecule has 3 amide bonds. The van der Waals surface area contributed by atoms with Gasteiger partial charge in [0.05, 0.1) is 7.11 Å². The molecule has 0 aromatic heterocycles. The van der Waals surface area contributed by atoms with Crippen molar-refractivity contribution in [2.45, 2.75) is 6.42 Å². The van der Waals surface area contributed by atoms with Crippen LogP contribution >= 0.6 is 0 Å². The van der Waals surface area contributed by atoms with Crippen LogP contribution in [0.2, 0.25) is 0 Å². The fourth-order valence-corrected chi connectivity index (χ4v) is 1.15. The minimum atomic E-state index is -0.521. The summed E-state index contributed by atoms with van der Waals surface area (Å²) in [7, 11) is 1.27. The number of hydrogen-bond acceptors (Lipinski definition) is 4. The second-order valence-corrected chi connectivity index (χ2v) is 2.93. The lowest BCUT2D eigenvalue weighted by atomic mass is 10.4. The van der Waals surface area contributed by atoms with E-state index in [2.05, 4.69) is 10.1 Å². The normalized spacial score (nSPS) is 14.6. The summed E-state index contributed by atoms with van der Waals surface area (Å²) in [5.41, 5.74) is 0. The predicted octanol–water partition coefficient (Wildman–Crippen LogP) is -0.343. The number of nitrogens with one attached hydrogen (secondary N) is 1. The van der Waals surface area contributed by atoms with Crippen LogP contribution in [0.3, 0.4) is 0 Å². The molecule has 0 atom stereocenters. The van der Waals surface area contributed by atoms with Crippen molar-refractivity contribution in [1.29, 1.82) is 0 Å². The Labute approximate surface area is 86.9 Å². The second-order valence-electron chi connectivity index (χ2n) is 2.93. The Morgan fingerprint density at radius 1 is 1.40 bits per heavy atom. The first-order valence-electron chi connectivity index (χ1n) is 4.50. The summed E-state index contributed by atoms with van der Waals surface area (Å²) in [4.78, 5) is 33.9. The SMILES string of the molecule is COC(=O)NCCCN1C(=O)C=CC1=O. The van der Waals surface area contributed by atoms with Crippen molar-refractivity contribution in [3.05, 3.63) is 12.2 Å². The van der Waals surface area contributed by atoms with E-state index < -0.39 is 6.09 Å². The van der Waals surface area contributed by atoms with E-state index in [4.69, 9.17) is 0 Å². The zero-order valence-electron chi connectivity index (χ0n) is 8.36. The van der Waals surface area contributed by atoms with Crippen LogP contribution in [0.4, 0.5) is 4.79 Å². The molecule has 1 N–H and O–H groups in total. The van der Waals surface area contributed by atoms with Crippen molar-refractivity contribution in [3.8, 4) is 0 Å². The molecule has 0 unspecified atom stereocenters. The van der Waals surface area contributed by atoms with Crippen LogP contribution in [0.1, 0.15) is 6.42 Å². The highest BCUT2D eigenvalue weighted by molar-refractivity contribution is 6.12. The molecule has 0 bridgehead atoms. The summed E-state index contributed by atoms with van der Waals surface area (Å²) < 4.78 is 4.35. The standard InChI is InChI=1S/C9H12N2O4/c1-15-9(14)10-5-2-6-11-7(12)3-4-8(11)13/h3-4H,2,5-6H2,1H3,(H,10,14). The van der Waals surface area contributed by atoms with Crippen molar-refractivity contribution in [2.24, 2.45) is 0 Å². The quantitative estimate of drug-likeness (QED) is 0.511. The third-order valence-corrected chi connectivity index (χ3v) is 1.91. The molecular weight excluding hydrogens is 200 g/mol. The highest BCUT2D eigenvalue weighted by atomic mass is 16.5. The van der Waals surface area contributed by atoms with Gasteiger partial charge in [-0.15, -0.1) is 0 Å². The highest BCUT2D eigenvalue weighted by Crippen LogP contribution is 2.03. The van der Waals surface area contributed by atoms with E-state index in [9.17, 15) is 14.4 Å². The summed E-state index contributed by atoms with van der Waals surface area (Å²) in [5, 5.41) is 2.46. The maximum atomic E-state index is 11.1. The molecule has 1 rings (SSSR count). The molecule has 6 heteroatoms. The van der Waals surface area contributed by atoms with E-state index in [0.717, 1.165) is 4.90 Å². The number of methoxy groups -OCH3 is 1. The number of amides is 3. The summed E-state index contributed by atoms with van der Waals surface area (Å²) in [6, 6.07) is 0. The van der Waals surface area contributed by atoms with Gasteiger partial charge in [-0.05, 0) is 6.42 Å². The third kappa shape index (κ3) is 3.08. The first-order chi connectivity index (χ1) is 7.15. The summed E-state index contributed by atoms with van der Waals surface area (Å²) in [5.74, 6) is -0.615. The van der Waals surface area contributed by atoms with Gasteiger partial charge in [0, 0.05) is 25.2 Å². The van der Waals surface area contributed by atoms with Crippen molar-refractivity contribution >= 4 is 17.9 Å². The van der Waals surface area contributed by atoms with Crippen LogP contribution in [0.5, 0.6) is 0 Å². The fourth-order valence-electron chi connectivity index (χ4n) is 1.15. The zero-order valence-corrected chi connectivity index (χ0v) is 8.36. The molecule has 0 aromatic rings. The van der Waals surface area contributed by atoms with Crippen molar-refractivity contribution in [1.82, 2.24) is 10.2 Å². The number of nitrogens with zero attached hydrogens (tertiary/aromatic N) is 1. The van der Waals surface area contributed by atoms with Crippen LogP contribution in [-0.2, 0) is 14.3 Å². The molecule has 0 saturated carbocycles. The van der Waals surface area contributed by atoms with E-state index in [0.29, 0.717) is 19.5 Å². The van der Waals surface area contributed by atoms with Gasteiger partial charge in [0.15, 0.2) is 0 Å². The molecular formula is C9H12N2O4. The minimum Gasteiger partial charge on any atom is -0.453 e. The molecule has 0 aromatic carbocycles. The maximum Gasteiger partial charge on any atom is 0.406 e. The van der Waals surface area contributed by atoms with Crippen LogP contribution in [-0.4, -0.2) is 43.0 Å². The molecule has 0 aliphatic carbocycles. The monoisotopic (exact) mass is 212 g/mol. The Hall–Kier alpha value is -1.85.